The van der Waals surface area contributed by atoms with Crippen LogP contribution in [0.15, 0.2) is 85.1 Å². The van der Waals surface area contributed by atoms with Crippen LogP contribution < -0.4 is 0 Å². The number of carbonyl (C=O) groups is 3. The molecular formula is C69H120O6. The standard InChI is InChI=1S/C69H120O6/c1-4-7-10-13-16-19-22-25-28-30-31-32-33-34-35-36-37-38-39-40-42-44-47-50-53-56-59-62-68(71)74-65-66(64-73-67(70)61-58-55-52-49-46-43-27-24-21-18-15-12-9-6-3)75-69(72)63-60-57-54-51-48-45-41-29-26-23-20-17-14-11-8-5-2/h7,10,16,19-20,23,25,28-29,31-32,34-35,41,66H,4-6,8-9,11-15,17-18,21-22,24,26-27,30,33,36-40,42-65H2,1-3H3/b10-7-,19-16-,23-20-,28-25-,32-31-,35-34-,41-29-. The van der Waals surface area contributed by atoms with Gasteiger partial charge in [-0.05, 0) is 96.3 Å². The van der Waals surface area contributed by atoms with Gasteiger partial charge >= 0.3 is 17.9 Å². The van der Waals surface area contributed by atoms with Crippen molar-refractivity contribution in [3.8, 4) is 0 Å². The van der Waals surface area contributed by atoms with Crippen LogP contribution in [-0.4, -0.2) is 37.2 Å². The molecule has 6 nitrogen and oxygen atoms in total. The summed E-state index contributed by atoms with van der Waals surface area (Å²) in [6.45, 7) is 6.53. The van der Waals surface area contributed by atoms with Crippen LogP contribution in [0.25, 0.3) is 0 Å². The first kappa shape index (κ1) is 71.6. The zero-order chi connectivity index (χ0) is 54.3. The van der Waals surface area contributed by atoms with E-state index in [0.29, 0.717) is 19.3 Å². The second kappa shape index (κ2) is 63.1. The Bertz CT molecular complexity index is 1430. The zero-order valence-corrected chi connectivity index (χ0v) is 49.6. The molecule has 75 heavy (non-hydrogen) atoms. The molecule has 0 saturated carbocycles. The van der Waals surface area contributed by atoms with Crippen molar-refractivity contribution in [1.29, 1.82) is 0 Å². The second-order valence-corrected chi connectivity index (χ2v) is 21.3. The summed E-state index contributed by atoms with van der Waals surface area (Å²) >= 11 is 0. The molecular weight excluding hydrogens is 925 g/mol. The Kier molecular flexibility index (Phi) is 60.3. The third kappa shape index (κ3) is 61.3. The molecule has 0 bridgehead atoms. The van der Waals surface area contributed by atoms with Crippen molar-refractivity contribution in [2.45, 2.75) is 322 Å². The average Bonchev–Trinajstić information content (AvgIpc) is 3.41. The molecule has 0 amide bonds. The van der Waals surface area contributed by atoms with Crippen molar-refractivity contribution in [1.82, 2.24) is 0 Å². The Morgan fingerprint density at radius 1 is 0.280 bits per heavy atom. The Hall–Kier alpha value is -3.41. The number of hydrogen-bond donors (Lipinski definition) is 0. The van der Waals surface area contributed by atoms with Crippen molar-refractivity contribution in [3.05, 3.63) is 85.1 Å². The molecule has 0 saturated heterocycles. The van der Waals surface area contributed by atoms with Gasteiger partial charge in [-0.25, -0.2) is 0 Å². The summed E-state index contributed by atoms with van der Waals surface area (Å²) in [6, 6.07) is 0. The maximum Gasteiger partial charge on any atom is 0.306 e. The highest BCUT2D eigenvalue weighted by Gasteiger charge is 2.19. The molecule has 0 aromatic heterocycles. The van der Waals surface area contributed by atoms with Crippen LogP contribution in [0.2, 0.25) is 0 Å². The van der Waals surface area contributed by atoms with Crippen molar-refractivity contribution in [2.75, 3.05) is 13.2 Å². The molecule has 0 rings (SSSR count). The number of rotatable bonds is 58. The van der Waals surface area contributed by atoms with E-state index in [1.54, 1.807) is 0 Å². The van der Waals surface area contributed by atoms with Gasteiger partial charge in [0.05, 0.1) is 0 Å². The molecule has 0 spiro atoms. The first-order valence-electron chi connectivity index (χ1n) is 32.1. The van der Waals surface area contributed by atoms with Crippen molar-refractivity contribution in [3.63, 3.8) is 0 Å². The minimum atomic E-state index is -0.784. The average molecular weight is 1050 g/mol. The highest BCUT2D eigenvalue weighted by Crippen LogP contribution is 2.16. The highest BCUT2D eigenvalue weighted by molar-refractivity contribution is 5.71. The Balaban J connectivity index is 4.30. The molecule has 1 atom stereocenters. The Morgan fingerprint density at radius 2 is 0.520 bits per heavy atom. The van der Waals surface area contributed by atoms with E-state index < -0.39 is 6.10 Å². The summed E-state index contributed by atoms with van der Waals surface area (Å²) in [7, 11) is 0. The Morgan fingerprint density at radius 3 is 0.827 bits per heavy atom. The van der Waals surface area contributed by atoms with Crippen LogP contribution in [0.5, 0.6) is 0 Å². The number of allylic oxidation sites excluding steroid dienone is 14. The molecule has 0 aliphatic heterocycles. The summed E-state index contributed by atoms with van der Waals surface area (Å²) in [5.41, 5.74) is 0. The van der Waals surface area contributed by atoms with Crippen molar-refractivity contribution >= 4 is 17.9 Å². The SMILES string of the molecule is CC/C=C\C/C=C\C/C=C\C/C=C\C/C=C\CCCCCCCCCCCCCC(=O)OCC(COC(=O)CCCCCCCCCCCCCCCC)OC(=O)CCCCCCC/C=C\C/C=C\CCCCCC. The van der Waals surface area contributed by atoms with Gasteiger partial charge in [0, 0.05) is 19.3 Å². The van der Waals surface area contributed by atoms with Gasteiger partial charge in [-0.3, -0.25) is 14.4 Å². The number of carbonyl (C=O) groups excluding carboxylic acids is 3. The zero-order valence-electron chi connectivity index (χ0n) is 49.6. The van der Waals surface area contributed by atoms with Gasteiger partial charge in [0.2, 0.25) is 0 Å². The molecule has 6 heteroatoms. The van der Waals surface area contributed by atoms with Crippen LogP contribution in [0, 0.1) is 0 Å². The van der Waals surface area contributed by atoms with Gasteiger partial charge in [0.25, 0.3) is 0 Å². The lowest BCUT2D eigenvalue weighted by molar-refractivity contribution is -0.167. The third-order valence-corrected chi connectivity index (χ3v) is 13.9. The van der Waals surface area contributed by atoms with Gasteiger partial charge in [-0.1, -0.05) is 286 Å². The van der Waals surface area contributed by atoms with Gasteiger partial charge in [-0.15, -0.1) is 0 Å². The highest BCUT2D eigenvalue weighted by atomic mass is 16.6. The minimum absolute atomic E-state index is 0.0795. The Labute approximate surface area is 465 Å². The number of ether oxygens (including phenoxy) is 3. The summed E-state index contributed by atoms with van der Waals surface area (Å²) in [6.07, 6.45) is 83.0. The number of unbranched alkanes of at least 4 members (excludes halogenated alkanes) is 33. The fourth-order valence-electron chi connectivity index (χ4n) is 9.09. The molecule has 0 heterocycles. The van der Waals surface area contributed by atoms with E-state index in [2.05, 4.69) is 106 Å². The van der Waals surface area contributed by atoms with Crippen molar-refractivity contribution in [2.24, 2.45) is 0 Å². The lowest BCUT2D eigenvalue weighted by atomic mass is 10.0. The molecule has 0 N–H and O–H groups in total. The second-order valence-electron chi connectivity index (χ2n) is 21.3. The molecule has 0 aliphatic rings. The van der Waals surface area contributed by atoms with Gasteiger partial charge in [0.1, 0.15) is 13.2 Å². The quantitative estimate of drug-likeness (QED) is 0.0261. The molecule has 1 unspecified atom stereocenters. The van der Waals surface area contributed by atoms with E-state index in [4.69, 9.17) is 14.2 Å². The largest absolute Gasteiger partial charge is 0.462 e. The van der Waals surface area contributed by atoms with Crippen LogP contribution in [0.1, 0.15) is 316 Å². The number of hydrogen-bond acceptors (Lipinski definition) is 6. The van der Waals surface area contributed by atoms with Crippen LogP contribution in [0.4, 0.5) is 0 Å². The van der Waals surface area contributed by atoms with E-state index in [1.807, 2.05) is 0 Å². The molecule has 0 fully saturated rings. The van der Waals surface area contributed by atoms with Gasteiger partial charge < -0.3 is 14.2 Å². The lowest BCUT2D eigenvalue weighted by Gasteiger charge is -2.18. The summed E-state index contributed by atoms with van der Waals surface area (Å²) in [5, 5.41) is 0. The topological polar surface area (TPSA) is 78.9 Å². The predicted molar refractivity (Wildman–Crippen MR) is 325 cm³/mol. The fraction of sp³-hybridized carbons (Fsp3) is 0.754. The van der Waals surface area contributed by atoms with E-state index >= 15 is 0 Å². The third-order valence-electron chi connectivity index (χ3n) is 13.9. The van der Waals surface area contributed by atoms with E-state index in [-0.39, 0.29) is 31.1 Å². The maximum absolute atomic E-state index is 12.9. The summed E-state index contributed by atoms with van der Waals surface area (Å²) < 4.78 is 16.9. The van der Waals surface area contributed by atoms with Gasteiger partial charge in [0.15, 0.2) is 6.10 Å². The van der Waals surface area contributed by atoms with Crippen LogP contribution in [-0.2, 0) is 28.6 Å². The first-order valence-corrected chi connectivity index (χ1v) is 32.1. The smallest absolute Gasteiger partial charge is 0.306 e. The molecule has 0 aliphatic carbocycles. The normalized spacial score (nSPS) is 12.6. The van der Waals surface area contributed by atoms with E-state index in [0.717, 1.165) is 116 Å². The fourth-order valence-corrected chi connectivity index (χ4v) is 9.09. The van der Waals surface area contributed by atoms with Crippen molar-refractivity contribution < 1.29 is 28.6 Å². The van der Waals surface area contributed by atoms with E-state index in [1.165, 1.54) is 161 Å². The maximum atomic E-state index is 12.9. The summed E-state index contributed by atoms with van der Waals surface area (Å²) in [5.74, 6) is -0.883. The molecule has 0 aromatic rings. The minimum Gasteiger partial charge on any atom is -0.462 e. The van der Waals surface area contributed by atoms with Gasteiger partial charge in [-0.2, -0.15) is 0 Å². The van der Waals surface area contributed by atoms with Crippen LogP contribution >= 0.6 is 0 Å². The monoisotopic (exact) mass is 1040 g/mol. The first-order chi connectivity index (χ1) is 37.0. The number of esters is 3. The molecule has 0 radical (unpaired) electrons. The lowest BCUT2D eigenvalue weighted by Crippen LogP contribution is -2.30. The molecule has 432 valence electrons. The van der Waals surface area contributed by atoms with E-state index in [9.17, 15) is 14.4 Å². The van der Waals surface area contributed by atoms with Crippen LogP contribution in [0.3, 0.4) is 0 Å². The predicted octanol–water partition coefficient (Wildman–Crippen LogP) is 21.9. The summed E-state index contributed by atoms with van der Waals surface area (Å²) in [4.78, 5) is 38.3. The molecule has 0 aromatic carbocycles.